The molecule has 0 aliphatic carbocycles. The predicted molar refractivity (Wildman–Crippen MR) is 97.4 cm³/mol. The summed E-state index contributed by atoms with van der Waals surface area (Å²) >= 11 is 0. The van der Waals surface area contributed by atoms with Gasteiger partial charge in [-0.25, -0.2) is 0 Å². The molecule has 25 heavy (non-hydrogen) atoms. The Morgan fingerprint density at radius 3 is 2.32 bits per heavy atom. The first-order chi connectivity index (χ1) is 12.0. The van der Waals surface area contributed by atoms with Crippen molar-refractivity contribution in [1.29, 1.82) is 0 Å². The average Bonchev–Trinajstić information content (AvgIpc) is 2.57. The lowest BCUT2D eigenvalue weighted by atomic mass is 10.0. The minimum Gasteiger partial charge on any atom is -0.383 e. The van der Waals surface area contributed by atoms with E-state index in [1.807, 2.05) is 11.8 Å². The molecular weight excluding hydrogens is 320 g/mol. The van der Waals surface area contributed by atoms with Crippen LogP contribution in [0.4, 0.5) is 0 Å². The summed E-state index contributed by atoms with van der Waals surface area (Å²) in [5.74, 6) is 0.294. The van der Waals surface area contributed by atoms with E-state index in [4.69, 9.17) is 4.74 Å². The molecule has 144 valence electrons. The average molecular weight is 354 g/mol. The number of hydrogen-bond donors (Lipinski definition) is 1. The van der Waals surface area contributed by atoms with Crippen molar-refractivity contribution >= 4 is 11.8 Å². The van der Waals surface area contributed by atoms with Crippen molar-refractivity contribution in [1.82, 2.24) is 20.0 Å². The summed E-state index contributed by atoms with van der Waals surface area (Å²) < 4.78 is 5.03. The van der Waals surface area contributed by atoms with Crippen molar-refractivity contribution in [3.63, 3.8) is 0 Å². The summed E-state index contributed by atoms with van der Waals surface area (Å²) in [6, 6.07) is 0.406. The second kappa shape index (κ2) is 10.1. The summed E-state index contributed by atoms with van der Waals surface area (Å²) in [6.07, 6.45) is 3.48. The van der Waals surface area contributed by atoms with Crippen LogP contribution in [0.25, 0.3) is 0 Å². The third-order valence-electron chi connectivity index (χ3n) is 5.14. The van der Waals surface area contributed by atoms with Crippen LogP contribution in [-0.4, -0.2) is 98.1 Å². The number of likely N-dealkylation sites (tertiary alicyclic amines) is 1. The number of rotatable bonds is 7. The first-order valence-electron chi connectivity index (χ1n) is 9.52. The van der Waals surface area contributed by atoms with E-state index >= 15 is 0 Å². The van der Waals surface area contributed by atoms with Crippen LogP contribution in [0.5, 0.6) is 0 Å². The van der Waals surface area contributed by atoms with Crippen LogP contribution < -0.4 is 5.32 Å². The Morgan fingerprint density at radius 2 is 1.72 bits per heavy atom. The highest BCUT2D eigenvalue weighted by Crippen LogP contribution is 2.16. The molecule has 2 atom stereocenters. The lowest BCUT2D eigenvalue weighted by molar-refractivity contribution is -0.136. The van der Waals surface area contributed by atoms with Gasteiger partial charge in [-0.3, -0.25) is 19.4 Å². The Hall–Kier alpha value is -1.18. The van der Waals surface area contributed by atoms with Gasteiger partial charge in [-0.2, -0.15) is 0 Å². The van der Waals surface area contributed by atoms with Gasteiger partial charge in [-0.15, -0.1) is 0 Å². The van der Waals surface area contributed by atoms with Crippen LogP contribution in [0.2, 0.25) is 0 Å². The fourth-order valence-corrected chi connectivity index (χ4v) is 3.67. The zero-order valence-electron chi connectivity index (χ0n) is 16.0. The third kappa shape index (κ3) is 6.56. The zero-order chi connectivity index (χ0) is 18.2. The van der Waals surface area contributed by atoms with E-state index in [0.717, 1.165) is 45.6 Å². The Labute approximate surface area is 151 Å². The summed E-state index contributed by atoms with van der Waals surface area (Å²) in [4.78, 5) is 30.9. The second-order valence-electron chi connectivity index (χ2n) is 7.41. The quantitative estimate of drug-likeness (QED) is 0.705. The fraction of sp³-hybridized carbons (Fsp3) is 0.889. The summed E-state index contributed by atoms with van der Waals surface area (Å²) in [6.45, 7) is 9.78. The van der Waals surface area contributed by atoms with Crippen molar-refractivity contribution in [2.75, 3.05) is 59.5 Å². The molecule has 0 saturated carbocycles. The molecule has 7 heteroatoms. The number of ether oxygens (including phenoxy) is 1. The number of carbonyl (C=O) groups excluding carboxylic acids is 2. The molecule has 1 N–H and O–H groups in total. The van der Waals surface area contributed by atoms with Gasteiger partial charge in [-0.05, 0) is 33.1 Å². The van der Waals surface area contributed by atoms with E-state index in [1.54, 1.807) is 7.11 Å². The smallest absolute Gasteiger partial charge is 0.236 e. The molecule has 0 aromatic heterocycles. The predicted octanol–water partition coefficient (Wildman–Crippen LogP) is 0.156. The van der Waals surface area contributed by atoms with Crippen molar-refractivity contribution in [3.05, 3.63) is 0 Å². The van der Waals surface area contributed by atoms with Crippen molar-refractivity contribution in [3.8, 4) is 0 Å². The Balaban J connectivity index is 1.67. The highest BCUT2D eigenvalue weighted by atomic mass is 16.5. The van der Waals surface area contributed by atoms with Gasteiger partial charge in [0.1, 0.15) is 0 Å². The molecule has 2 heterocycles. The van der Waals surface area contributed by atoms with Crippen LogP contribution in [0.3, 0.4) is 0 Å². The van der Waals surface area contributed by atoms with Gasteiger partial charge in [0.25, 0.3) is 0 Å². The molecule has 2 saturated heterocycles. The standard InChI is InChI=1S/C18H34N4O3/c1-15(14-25-3)19-17(23)12-20-8-10-21(11-9-20)13-18(24)22-7-5-4-6-16(22)2/h15-16H,4-14H2,1-3H3,(H,19,23). The van der Waals surface area contributed by atoms with Gasteiger partial charge >= 0.3 is 0 Å². The zero-order valence-corrected chi connectivity index (χ0v) is 16.0. The molecule has 0 bridgehead atoms. The monoisotopic (exact) mass is 354 g/mol. The third-order valence-corrected chi connectivity index (χ3v) is 5.14. The largest absolute Gasteiger partial charge is 0.383 e. The van der Waals surface area contributed by atoms with Gasteiger partial charge < -0.3 is 15.0 Å². The number of piperazine rings is 1. The number of piperidine rings is 1. The van der Waals surface area contributed by atoms with Crippen LogP contribution in [0.1, 0.15) is 33.1 Å². The summed E-state index contributed by atoms with van der Waals surface area (Å²) in [5.41, 5.74) is 0. The highest BCUT2D eigenvalue weighted by Gasteiger charge is 2.26. The minimum atomic E-state index is 0.0305. The number of methoxy groups -OCH3 is 1. The fourth-order valence-electron chi connectivity index (χ4n) is 3.67. The number of carbonyl (C=O) groups is 2. The number of amides is 2. The molecule has 2 amide bonds. The van der Waals surface area contributed by atoms with Crippen LogP contribution in [0, 0.1) is 0 Å². The highest BCUT2D eigenvalue weighted by molar-refractivity contribution is 5.79. The maximum atomic E-state index is 12.5. The lowest BCUT2D eigenvalue weighted by Crippen LogP contribution is -2.53. The van der Waals surface area contributed by atoms with E-state index in [1.165, 1.54) is 6.42 Å². The van der Waals surface area contributed by atoms with Crippen molar-refractivity contribution in [2.24, 2.45) is 0 Å². The molecule has 2 aliphatic heterocycles. The lowest BCUT2D eigenvalue weighted by Gasteiger charge is -2.38. The summed E-state index contributed by atoms with van der Waals surface area (Å²) in [7, 11) is 1.63. The molecule has 2 unspecified atom stereocenters. The van der Waals surface area contributed by atoms with Crippen LogP contribution >= 0.6 is 0 Å². The van der Waals surface area contributed by atoms with Crippen LogP contribution in [0.15, 0.2) is 0 Å². The number of hydrogen-bond acceptors (Lipinski definition) is 5. The van der Waals surface area contributed by atoms with Gasteiger partial charge in [0, 0.05) is 51.9 Å². The van der Waals surface area contributed by atoms with Gasteiger partial charge in [-0.1, -0.05) is 0 Å². The Bertz CT molecular complexity index is 438. The molecule has 0 spiro atoms. The van der Waals surface area contributed by atoms with E-state index in [0.29, 0.717) is 25.7 Å². The molecule has 2 rings (SSSR count). The first-order valence-corrected chi connectivity index (χ1v) is 9.52. The number of nitrogens with zero attached hydrogens (tertiary/aromatic N) is 3. The first kappa shape index (κ1) is 20.1. The Morgan fingerprint density at radius 1 is 1.08 bits per heavy atom. The number of nitrogens with one attached hydrogen (secondary N) is 1. The van der Waals surface area contributed by atoms with Gasteiger partial charge in [0.05, 0.1) is 19.7 Å². The van der Waals surface area contributed by atoms with E-state index in [2.05, 4.69) is 22.0 Å². The minimum absolute atomic E-state index is 0.0305. The van der Waals surface area contributed by atoms with E-state index < -0.39 is 0 Å². The molecule has 0 radical (unpaired) electrons. The molecule has 2 aliphatic rings. The molecular formula is C18H34N4O3. The van der Waals surface area contributed by atoms with Crippen molar-refractivity contribution < 1.29 is 14.3 Å². The molecule has 2 fully saturated rings. The van der Waals surface area contributed by atoms with Crippen LogP contribution in [-0.2, 0) is 14.3 Å². The second-order valence-corrected chi connectivity index (χ2v) is 7.41. The molecule has 0 aromatic carbocycles. The van der Waals surface area contributed by atoms with E-state index in [9.17, 15) is 9.59 Å². The maximum Gasteiger partial charge on any atom is 0.236 e. The van der Waals surface area contributed by atoms with Crippen molar-refractivity contribution in [2.45, 2.75) is 45.2 Å². The topological polar surface area (TPSA) is 65.1 Å². The van der Waals surface area contributed by atoms with E-state index in [-0.39, 0.29) is 17.9 Å². The maximum absolute atomic E-state index is 12.5. The normalized spacial score (nSPS) is 24.1. The Kier molecular flexibility index (Phi) is 8.12. The van der Waals surface area contributed by atoms with Gasteiger partial charge in [0.15, 0.2) is 0 Å². The molecule has 7 nitrogen and oxygen atoms in total. The molecule has 0 aromatic rings. The van der Waals surface area contributed by atoms with Gasteiger partial charge in [0.2, 0.25) is 11.8 Å². The SMILES string of the molecule is COCC(C)NC(=O)CN1CCN(CC(=O)N2CCCCC2C)CC1. The summed E-state index contributed by atoms with van der Waals surface area (Å²) in [5, 5.41) is 2.94.